The van der Waals surface area contributed by atoms with E-state index in [4.69, 9.17) is 9.47 Å². The van der Waals surface area contributed by atoms with Crippen LogP contribution >= 0.6 is 0 Å². The van der Waals surface area contributed by atoms with E-state index in [1.807, 2.05) is 0 Å². The summed E-state index contributed by atoms with van der Waals surface area (Å²) < 4.78 is 11.7. The lowest BCUT2D eigenvalue weighted by molar-refractivity contribution is -0.0840. The molecule has 3 nitrogen and oxygen atoms in total. The Bertz CT molecular complexity index is 237. The van der Waals surface area contributed by atoms with Crippen LogP contribution in [0.15, 0.2) is 0 Å². The van der Waals surface area contributed by atoms with Crippen LogP contribution in [0.5, 0.6) is 0 Å². The van der Waals surface area contributed by atoms with Crippen LogP contribution in [-0.2, 0) is 9.47 Å². The lowest BCUT2D eigenvalue weighted by Gasteiger charge is -2.38. The molecule has 2 rings (SSSR count). The predicted octanol–water partition coefficient (Wildman–Crippen LogP) is 2.74. The Hall–Kier alpha value is -0.120. The molecule has 1 unspecified atom stereocenters. The van der Waals surface area contributed by atoms with Crippen molar-refractivity contribution < 1.29 is 9.47 Å². The molecule has 2 aliphatic rings. The number of ether oxygens (including phenoxy) is 2. The molecule has 18 heavy (non-hydrogen) atoms. The van der Waals surface area contributed by atoms with Gasteiger partial charge >= 0.3 is 0 Å². The quantitative estimate of drug-likeness (QED) is 0.740. The normalized spacial score (nSPS) is 27.2. The molecule has 0 aromatic carbocycles. The van der Waals surface area contributed by atoms with Crippen LogP contribution in [-0.4, -0.2) is 38.0 Å². The van der Waals surface area contributed by atoms with Gasteiger partial charge in [-0.1, -0.05) is 26.7 Å². The minimum Gasteiger partial charge on any atom is -0.380 e. The second-order valence-electron chi connectivity index (χ2n) is 6.35. The second-order valence-corrected chi connectivity index (χ2v) is 6.35. The summed E-state index contributed by atoms with van der Waals surface area (Å²) in [6.07, 6.45) is 7.61. The highest BCUT2D eigenvalue weighted by Gasteiger charge is 2.39. The van der Waals surface area contributed by atoms with Crippen LogP contribution in [0.3, 0.4) is 0 Å². The van der Waals surface area contributed by atoms with Gasteiger partial charge in [-0.05, 0) is 31.6 Å². The van der Waals surface area contributed by atoms with Crippen molar-refractivity contribution in [1.82, 2.24) is 5.32 Å². The number of nitrogens with one attached hydrogen (secondary N) is 1. The van der Waals surface area contributed by atoms with Crippen molar-refractivity contribution in [1.29, 1.82) is 0 Å². The van der Waals surface area contributed by atoms with E-state index < -0.39 is 0 Å². The number of hydrogen-bond acceptors (Lipinski definition) is 3. The maximum Gasteiger partial charge on any atom is 0.0697 e. The largest absolute Gasteiger partial charge is 0.380 e. The van der Waals surface area contributed by atoms with Crippen LogP contribution in [0.2, 0.25) is 0 Å². The van der Waals surface area contributed by atoms with Crippen molar-refractivity contribution in [2.75, 3.05) is 26.4 Å². The van der Waals surface area contributed by atoms with Crippen molar-refractivity contribution >= 4 is 0 Å². The van der Waals surface area contributed by atoms with Crippen molar-refractivity contribution in [2.45, 2.75) is 64.0 Å². The van der Waals surface area contributed by atoms with E-state index in [0.29, 0.717) is 12.0 Å². The Labute approximate surface area is 112 Å². The number of rotatable bonds is 6. The fourth-order valence-corrected chi connectivity index (χ4v) is 3.22. The Morgan fingerprint density at radius 3 is 2.83 bits per heavy atom. The van der Waals surface area contributed by atoms with Gasteiger partial charge in [0.05, 0.1) is 12.2 Å². The van der Waals surface area contributed by atoms with E-state index in [9.17, 15) is 0 Å². The molecule has 0 radical (unpaired) electrons. The van der Waals surface area contributed by atoms with Crippen LogP contribution in [0.1, 0.15) is 52.4 Å². The molecule has 1 heterocycles. The number of hydrogen-bond donors (Lipinski definition) is 1. The van der Waals surface area contributed by atoms with Crippen molar-refractivity contribution in [2.24, 2.45) is 5.92 Å². The van der Waals surface area contributed by atoms with Crippen molar-refractivity contribution in [3.8, 4) is 0 Å². The zero-order valence-corrected chi connectivity index (χ0v) is 12.0. The molecule has 1 saturated heterocycles. The molecule has 0 aromatic heterocycles. The molecule has 1 atom stereocenters. The summed E-state index contributed by atoms with van der Waals surface area (Å²) in [4.78, 5) is 0. The second kappa shape index (κ2) is 6.88. The van der Waals surface area contributed by atoms with Gasteiger partial charge in [-0.15, -0.1) is 0 Å². The Morgan fingerprint density at radius 1 is 1.33 bits per heavy atom. The topological polar surface area (TPSA) is 30.5 Å². The summed E-state index contributed by atoms with van der Waals surface area (Å²) in [5, 5.41) is 3.64. The summed E-state index contributed by atoms with van der Waals surface area (Å²) >= 11 is 0. The highest BCUT2D eigenvalue weighted by atomic mass is 16.5. The van der Waals surface area contributed by atoms with Gasteiger partial charge in [0.2, 0.25) is 0 Å². The van der Waals surface area contributed by atoms with Crippen LogP contribution < -0.4 is 5.32 Å². The van der Waals surface area contributed by atoms with E-state index in [0.717, 1.165) is 32.8 Å². The summed E-state index contributed by atoms with van der Waals surface area (Å²) in [7, 11) is 0. The summed E-state index contributed by atoms with van der Waals surface area (Å²) in [6.45, 7) is 8.01. The van der Waals surface area contributed by atoms with E-state index in [1.54, 1.807) is 0 Å². The van der Waals surface area contributed by atoms with Gasteiger partial charge in [-0.25, -0.2) is 0 Å². The van der Waals surface area contributed by atoms with Crippen LogP contribution in [0.4, 0.5) is 0 Å². The Balaban J connectivity index is 1.61. The molecule has 1 aliphatic carbocycles. The fraction of sp³-hybridized carbons (Fsp3) is 1.00. The average molecular weight is 255 g/mol. The predicted molar refractivity (Wildman–Crippen MR) is 73.8 cm³/mol. The standard InChI is InChI=1S/C15H29NO2/c1-13(2)12-17-10-8-16-14-5-9-18-15(11-14)6-3-4-7-15/h13-14,16H,3-12H2,1-2H3. The first-order valence-corrected chi connectivity index (χ1v) is 7.65. The highest BCUT2D eigenvalue weighted by molar-refractivity contribution is 4.93. The molecule has 1 aliphatic heterocycles. The van der Waals surface area contributed by atoms with Crippen molar-refractivity contribution in [3.05, 3.63) is 0 Å². The zero-order valence-electron chi connectivity index (χ0n) is 12.0. The fourth-order valence-electron chi connectivity index (χ4n) is 3.22. The van der Waals surface area contributed by atoms with E-state index in [2.05, 4.69) is 19.2 Å². The molecule has 1 saturated carbocycles. The average Bonchev–Trinajstić information content (AvgIpc) is 2.76. The molecule has 0 amide bonds. The third kappa shape index (κ3) is 4.22. The van der Waals surface area contributed by atoms with Gasteiger partial charge < -0.3 is 14.8 Å². The van der Waals surface area contributed by atoms with E-state index in [1.165, 1.54) is 32.1 Å². The molecule has 106 valence electrons. The molecule has 1 spiro atoms. The highest BCUT2D eigenvalue weighted by Crippen LogP contribution is 2.39. The maximum atomic E-state index is 6.04. The summed E-state index contributed by atoms with van der Waals surface area (Å²) in [5.41, 5.74) is 0.231. The van der Waals surface area contributed by atoms with E-state index >= 15 is 0 Å². The first-order chi connectivity index (χ1) is 8.70. The van der Waals surface area contributed by atoms with Crippen LogP contribution in [0.25, 0.3) is 0 Å². The summed E-state index contributed by atoms with van der Waals surface area (Å²) in [5.74, 6) is 0.634. The third-order valence-corrected chi connectivity index (χ3v) is 4.14. The summed E-state index contributed by atoms with van der Waals surface area (Å²) in [6, 6.07) is 0.638. The first-order valence-electron chi connectivity index (χ1n) is 7.65. The van der Waals surface area contributed by atoms with Gasteiger partial charge in [-0.3, -0.25) is 0 Å². The lowest BCUT2D eigenvalue weighted by atomic mass is 9.89. The molecule has 1 N–H and O–H groups in total. The van der Waals surface area contributed by atoms with Gasteiger partial charge in [-0.2, -0.15) is 0 Å². The SMILES string of the molecule is CC(C)COCCNC1CCOC2(CCCC2)C1. The monoisotopic (exact) mass is 255 g/mol. The molecule has 0 aromatic rings. The Morgan fingerprint density at radius 2 is 2.11 bits per heavy atom. The molecular formula is C15H29NO2. The first kappa shape index (κ1) is 14.3. The van der Waals surface area contributed by atoms with Crippen molar-refractivity contribution in [3.63, 3.8) is 0 Å². The smallest absolute Gasteiger partial charge is 0.0697 e. The molecular weight excluding hydrogens is 226 g/mol. The lowest BCUT2D eigenvalue weighted by Crippen LogP contribution is -2.46. The van der Waals surface area contributed by atoms with E-state index in [-0.39, 0.29) is 5.60 Å². The minimum absolute atomic E-state index is 0.231. The van der Waals surface area contributed by atoms with Gasteiger partial charge in [0.25, 0.3) is 0 Å². The zero-order chi connectivity index (χ0) is 12.8. The van der Waals surface area contributed by atoms with Gasteiger partial charge in [0, 0.05) is 25.8 Å². The molecule has 3 heteroatoms. The maximum absolute atomic E-state index is 6.04. The minimum atomic E-state index is 0.231. The van der Waals surface area contributed by atoms with Crippen LogP contribution in [0, 0.1) is 5.92 Å². The molecule has 0 bridgehead atoms. The van der Waals surface area contributed by atoms with Gasteiger partial charge in [0.15, 0.2) is 0 Å². The molecule has 2 fully saturated rings. The third-order valence-electron chi connectivity index (χ3n) is 4.14. The Kier molecular flexibility index (Phi) is 5.46. The van der Waals surface area contributed by atoms with Gasteiger partial charge in [0.1, 0.15) is 0 Å².